The van der Waals surface area contributed by atoms with Crippen LogP contribution in [0.4, 0.5) is 13.2 Å². The molecular formula is C11H15F3O5S. The van der Waals surface area contributed by atoms with Crippen molar-refractivity contribution in [3.05, 3.63) is 0 Å². The van der Waals surface area contributed by atoms with E-state index in [-0.39, 0.29) is 5.92 Å². The highest BCUT2D eigenvalue weighted by Crippen LogP contribution is 2.49. The third-order valence-electron chi connectivity index (χ3n) is 4.03. The van der Waals surface area contributed by atoms with Crippen molar-refractivity contribution in [2.75, 3.05) is 5.75 Å². The van der Waals surface area contributed by atoms with Gasteiger partial charge in [-0.15, -0.1) is 0 Å². The third-order valence-corrected chi connectivity index (χ3v) is 4.75. The number of halogens is 3. The summed E-state index contributed by atoms with van der Waals surface area (Å²) in [6, 6.07) is 0. The molecule has 2 fully saturated rings. The van der Waals surface area contributed by atoms with Gasteiger partial charge in [0.2, 0.25) is 6.10 Å². The molecule has 9 heteroatoms. The molecule has 5 nitrogen and oxygen atoms in total. The van der Waals surface area contributed by atoms with Gasteiger partial charge in [-0.2, -0.15) is 21.6 Å². The van der Waals surface area contributed by atoms with Crippen LogP contribution >= 0.6 is 0 Å². The number of ether oxygens (including phenoxy) is 1. The molecule has 0 aliphatic heterocycles. The molecule has 3 unspecified atom stereocenters. The quantitative estimate of drug-likeness (QED) is 0.632. The smallest absolute Gasteiger partial charge is 0.426 e. The lowest BCUT2D eigenvalue weighted by Crippen LogP contribution is -2.41. The molecule has 0 radical (unpaired) electrons. The van der Waals surface area contributed by atoms with E-state index in [9.17, 15) is 26.4 Å². The first kappa shape index (κ1) is 15.6. The summed E-state index contributed by atoms with van der Waals surface area (Å²) in [6.45, 7) is 0. The summed E-state index contributed by atoms with van der Waals surface area (Å²) >= 11 is 0. The average Bonchev–Trinajstić information content (AvgIpc) is 2.86. The van der Waals surface area contributed by atoms with Crippen LogP contribution in [0, 0.1) is 17.8 Å². The normalized spacial score (nSPS) is 31.3. The molecule has 2 saturated carbocycles. The Labute approximate surface area is 114 Å². The molecule has 0 aromatic rings. The highest BCUT2D eigenvalue weighted by Gasteiger charge is 2.49. The van der Waals surface area contributed by atoms with Gasteiger partial charge in [0.25, 0.3) is 10.1 Å². The Balaban J connectivity index is 2.02. The second kappa shape index (κ2) is 5.18. The van der Waals surface area contributed by atoms with Crippen LogP contribution in [-0.4, -0.2) is 37.0 Å². The van der Waals surface area contributed by atoms with E-state index in [0.717, 1.165) is 19.3 Å². The summed E-state index contributed by atoms with van der Waals surface area (Å²) in [5.74, 6) is -2.87. The van der Waals surface area contributed by atoms with E-state index in [2.05, 4.69) is 4.74 Å². The van der Waals surface area contributed by atoms with Crippen LogP contribution in [0.2, 0.25) is 0 Å². The van der Waals surface area contributed by atoms with Gasteiger partial charge in [0, 0.05) is 0 Å². The summed E-state index contributed by atoms with van der Waals surface area (Å²) < 4.78 is 71.9. The maximum absolute atomic E-state index is 12.6. The predicted molar refractivity (Wildman–Crippen MR) is 61.3 cm³/mol. The van der Waals surface area contributed by atoms with Crippen LogP contribution in [0.15, 0.2) is 0 Å². The number of carbonyl (C=O) groups is 1. The molecule has 2 aliphatic carbocycles. The van der Waals surface area contributed by atoms with Gasteiger partial charge in [-0.25, -0.2) is 0 Å². The number of fused-ring (bicyclic) bond motifs is 2. The van der Waals surface area contributed by atoms with Crippen LogP contribution in [-0.2, 0) is 19.6 Å². The summed E-state index contributed by atoms with van der Waals surface area (Å²) in [5.41, 5.74) is 0. The van der Waals surface area contributed by atoms with Gasteiger partial charge in [-0.3, -0.25) is 9.35 Å². The lowest BCUT2D eigenvalue weighted by molar-refractivity contribution is -0.218. The Kier molecular flexibility index (Phi) is 4.03. The van der Waals surface area contributed by atoms with Crippen molar-refractivity contribution in [2.24, 2.45) is 17.8 Å². The van der Waals surface area contributed by atoms with Crippen LogP contribution in [0.1, 0.15) is 25.7 Å². The molecule has 2 aliphatic rings. The molecule has 0 saturated heterocycles. The van der Waals surface area contributed by atoms with E-state index in [4.69, 9.17) is 4.55 Å². The number of hydrogen-bond donors (Lipinski definition) is 1. The molecule has 0 heterocycles. The first-order chi connectivity index (χ1) is 9.06. The molecule has 116 valence electrons. The third kappa shape index (κ3) is 3.63. The number of alkyl halides is 3. The van der Waals surface area contributed by atoms with Crippen molar-refractivity contribution in [2.45, 2.75) is 38.0 Å². The number of hydrogen-bond acceptors (Lipinski definition) is 4. The van der Waals surface area contributed by atoms with Crippen molar-refractivity contribution in [1.29, 1.82) is 0 Å². The minimum Gasteiger partial charge on any atom is -0.451 e. The minimum absolute atomic E-state index is 0.0344. The molecule has 0 aromatic heterocycles. The Bertz CT molecular complexity index is 487. The number of esters is 1. The van der Waals surface area contributed by atoms with E-state index in [0.29, 0.717) is 12.3 Å². The van der Waals surface area contributed by atoms with Gasteiger partial charge < -0.3 is 4.74 Å². The van der Waals surface area contributed by atoms with Crippen molar-refractivity contribution >= 4 is 16.1 Å². The van der Waals surface area contributed by atoms with Gasteiger partial charge in [0.1, 0.15) is 5.75 Å². The zero-order chi connectivity index (χ0) is 15.1. The molecule has 0 spiro atoms. The highest BCUT2D eigenvalue weighted by molar-refractivity contribution is 7.85. The Morgan fingerprint density at radius 2 is 1.95 bits per heavy atom. The second-order valence-corrected chi connectivity index (χ2v) is 6.99. The second-order valence-electron chi connectivity index (χ2n) is 5.50. The fourth-order valence-corrected chi connectivity index (χ4v) is 3.79. The van der Waals surface area contributed by atoms with Crippen molar-refractivity contribution in [3.63, 3.8) is 0 Å². The molecule has 2 rings (SSSR count). The Morgan fingerprint density at radius 1 is 1.30 bits per heavy atom. The summed E-state index contributed by atoms with van der Waals surface area (Å²) in [5, 5.41) is 0. The van der Waals surface area contributed by atoms with Crippen LogP contribution in [0.25, 0.3) is 0 Å². The summed E-state index contributed by atoms with van der Waals surface area (Å²) in [6.07, 6.45) is -4.76. The standard InChI is InChI=1S/C11H15F3O5S/c12-11(13,14)9(5-20(16,17)18)19-10(15)8-4-6-1-2-7(8)3-6/h6-9H,1-5H2,(H,16,17,18)/t6-,7?,8?,9?/m1/s1. The molecular weight excluding hydrogens is 301 g/mol. The molecule has 0 amide bonds. The molecule has 0 aromatic carbocycles. The first-order valence-corrected chi connectivity index (χ1v) is 7.89. The van der Waals surface area contributed by atoms with Gasteiger partial charge in [-0.05, 0) is 31.1 Å². The fraction of sp³-hybridized carbons (Fsp3) is 0.909. The zero-order valence-corrected chi connectivity index (χ0v) is 11.3. The van der Waals surface area contributed by atoms with E-state index in [1.165, 1.54) is 0 Å². The highest BCUT2D eigenvalue weighted by atomic mass is 32.2. The largest absolute Gasteiger partial charge is 0.451 e. The average molecular weight is 316 g/mol. The van der Waals surface area contributed by atoms with Crippen molar-refractivity contribution in [1.82, 2.24) is 0 Å². The molecule has 4 atom stereocenters. The van der Waals surface area contributed by atoms with Crippen LogP contribution < -0.4 is 0 Å². The van der Waals surface area contributed by atoms with E-state index in [1.807, 2.05) is 0 Å². The van der Waals surface area contributed by atoms with Gasteiger partial charge >= 0.3 is 12.1 Å². The Hall–Kier alpha value is -0.830. The first-order valence-electron chi connectivity index (χ1n) is 6.28. The lowest BCUT2D eigenvalue weighted by atomic mass is 9.89. The topological polar surface area (TPSA) is 80.7 Å². The van der Waals surface area contributed by atoms with Crippen molar-refractivity contribution < 1.29 is 35.7 Å². The maximum Gasteiger partial charge on any atom is 0.426 e. The Morgan fingerprint density at radius 3 is 2.35 bits per heavy atom. The van der Waals surface area contributed by atoms with E-state index < -0.39 is 40.0 Å². The fourth-order valence-electron chi connectivity index (χ4n) is 3.15. The predicted octanol–water partition coefficient (Wildman–Crippen LogP) is 1.78. The van der Waals surface area contributed by atoms with Gasteiger partial charge in [0.15, 0.2) is 0 Å². The minimum atomic E-state index is -5.02. The maximum atomic E-state index is 12.6. The lowest BCUT2D eigenvalue weighted by Gasteiger charge is -2.24. The van der Waals surface area contributed by atoms with Crippen LogP contribution in [0.5, 0.6) is 0 Å². The van der Waals surface area contributed by atoms with E-state index in [1.54, 1.807) is 0 Å². The summed E-state index contributed by atoms with van der Waals surface area (Å²) in [7, 11) is -4.88. The number of carbonyl (C=O) groups excluding carboxylic acids is 1. The van der Waals surface area contributed by atoms with Crippen molar-refractivity contribution in [3.8, 4) is 0 Å². The SMILES string of the molecule is O=C(OC(CS(=O)(=O)O)C(F)(F)F)C1C[C@@H]2CCC1C2. The molecule has 20 heavy (non-hydrogen) atoms. The number of rotatable bonds is 4. The van der Waals surface area contributed by atoms with Gasteiger partial charge in [-0.1, -0.05) is 6.42 Å². The van der Waals surface area contributed by atoms with Gasteiger partial charge in [0.05, 0.1) is 5.92 Å². The van der Waals surface area contributed by atoms with E-state index >= 15 is 0 Å². The summed E-state index contributed by atoms with van der Waals surface area (Å²) in [4.78, 5) is 11.8. The molecule has 1 N–H and O–H groups in total. The van der Waals surface area contributed by atoms with Crippen LogP contribution in [0.3, 0.4) is 0 Å². The zero-order valence-electron chi connectivity index (χ0n) is 10.5. The monoisotopic (exact) mass is 316 g/mol. The molecule has 2 bridgehead atoms.